The maximum atomic E-state index is 5.69. The quantitative estimate of drug-likeness (QED) is 0.736. The molecule has 2 aliphatic heterocycles. The van der Waals surface area contributed by atoms with Gasteiger partial charge in [-0.15, -0.1) is 0 Å². The molecule has 2 bridgehead atoms. The average Bonchev–Trinajstić information content (AvgIpc) is 2.73. The summed E-state index contributed by atoms with van der Waals surface area (Å²) in [6, 6.07) is 10.6. The van der Waals surface area contributed by atoms with Crippen LogP contribution < -0.4 is 0 Å². The van der Waals surface area contributed by atoms with Crippen molar-refractivity contribution in [3.63, 3.8) is 0 Å². The van der Waals surface area contributed by atoms with Crippen LogP contribution in [0.2, 0.25) is 0 Å². The van der Waals surface area contributed by atoms with E-state index in [0.717, 1.165) is 26.1 Å². The van der Waals surface area contributed by atoms with E-state index in [-0.39, 0.29) is 11.2 Å². The highest BCUT2D eigenvalue weighted by Gasteiger charge is 2.54. The molecule has 2 nitrogen and oxygen atoms in total. The smallest absolute Gasteiger partial charge is 0.166 e. The van der Waals surface area contributed by atoms with E-state index < -0.39 is 0 Å². The second kappa shape index (κ2) is 3.06. The van der Waals surface area contributed by atoms with E-state index in [2.05, 4.69) is 30.3 Å². The maximum Gasteiger partial charge on any atom is 0.166 e. The lowest BCUT2D eigenvalue weighted by Crippen LogP contribution is -2.31. The summed E-state index contributed by atoms with van der Waals surface area (Å²) in [4.78, 5) is 0. The third kappa shape index (κ3) is 1.58. The van der Waals surface area contributed by atoms with Crippen LogP contribution in [-0.2, 0) is 15.9 Å². The zero-order valence-corrected chi connectivity index (χ0v) is 9.03. The van der Waals surface area contributed by atoms with Gasteiger partial charge in [0, 0.05) is 11.8 Å². The Kier molecular flexibility index (Phi) is 1.91. The van der Waals surface area contributed by atoms with Gasteiger partial charge in [-0.05, 0) is 18.9 Å². The first-order valence-corrected chi connectivity index (χ1v) is 5.52. The van der Waals surface area contributed by atoms with Crippen LogP contribution in [0.1, 0.15) is 18.9 Å². The molecule has 0 aliphatic carbocycles. The van der Waals surface area contributed by atoms with Crippen LogP contribution in [0.3, 0.4) is 0 Å². The van der Waals surface area contributed by atoms with Gasteiger partial charge in [-0.1, -0.05) is 30.3 Å². The number of fused-ring (bicyclic) bond motifs is 2. The topological polar surface area (TPSA) is 18.5 Å². The molecule has 0 saturated carbocycles. The Bertz CT molecular complexity index is 350. The van der Waals surface area contributed by atoms with Gasteiger partial charge in [-0.3, -0.25) is 0 Å². The number of rotatable bonds is 2. The largest absolute Gasteiger partial charge is 0.350 e. The van der Waals surface area contributed by atoms with Crippen LogP contribution in [0.5, 0.6) is 0 Å². The van der Waals surface area contributed by atoms with Gasteiger partial charge in [0.25, 0.3) is 0 Å². The number of benzene rings is 1. The molecule has 0 unspecified atom stereocenters. The Morgan fingerprint density at radius 3 is 2.33 bits per heavy atom. The second-order valence-electron chi connectivity index (χ2n) is 5.05. The summed E-state index contributed by atoms with van der Waals surface area (Å²) < 4.78 is 11.4. The van der Waals surface area contributed by atoms with Crippen molar-refractivity contribution < 1.29 is 9.47 Å². The van der Waals surface area contributed by atoms with Crippen LogP contribution in [0, 0.1) is 5.41 Å². The summed E-state index contributed by atoms with van der Waals surface area (Å²) in [7, 11) is 0. The fourth-order valence-corrected chi connectivity index (χ4v) is 2.77. The Labute approximate surface area is 90.2 Å². The van der Waals surface area contributed by atoms with Crippen LogP contribution in [0.25, 0.3) is 0 Å². The summed E-state index contributed by atoms with van der Waals surface area (Å²) in [5.41, 5.74) is 1.62. The molecule has 0 radical (unpaired) electrons. The molecule has 3 rings (SSSR count). The summed E-state index contributed by atoms with van der Waals surface area (Å²) in [6.07, 6.45) is 2.11. The van der Waals surface area contributed by atoms with Crippen LogP contribution >= 0.6 is 0 Å². The number of hydrogen-bond donors (Lipinski definition) is 0. The van der Waals surface area contributed by atoms with Gasteiger partial charge in [0.05, 0.1) is 13.2 Å². The fourth-order valence-electron chi connectivity index (χ4n) is 2.77. The fraction of sp³-hybridized carbons (Fsp3) is 0.538. The predicted molar refractivity (Wildman–Crippen MR) is 57.5 cm³/mol. The van der Waals surface area contributed by atoms with E-state index in [1.807, 2.05) is 6.92 Å². The first-order chi connectivity index (χ1) is 7.20. The second-order valence-corrected chi connectivity index (χ2v) is 5.05. The maximum absolute atomic E-state index is 5.69. The minimum absolute atomic E-state index is 0.232. The molecule has 1 aromatic rings. The molecule has 2 saturated heterocycles. The molecule has 0 aromatic heterocycles. The minimum atomic E-state index is -0.297. The first-order valence-electron chi connectivity index (χ1n) is 5.52. The molecule has 2 heterocycles. The Morgan fingerprint density at radius 1 is 1.13 bits per heavy atom. The van der Waals surface area contributed by atoms with E-state index in [1.54, 1.807) is 0 Å². The van der Waals surface area contributed by atoms with Crippen molar-refractivity contribution in [1.29, 1.82) is 0 Å². The normalized spacial score (nSPS) is 38.5. The van der Waals surface area contributed by atoms with Crippen LogP contribution in [0.4, 0.5) is 0 Å². The average molecular weight is 204 g/mol. The van der Waals surface area contributed by atoms with Gasteiger partial charge in [0.2, 0.25) is 0 Å². The Balaban J connectivity index is 1.80. The summed E-state index contributed by atoms with van der Waals surface area (Å²) >= 11 is 0. The zero-order valence-electron chi connectivity index (χ0n) is 9.03. The van der Waals surface area contributed by atoms with Gasteiger partial charge >= 0.3 is 0 Å². The zero-order chi connectivity index (χ0) is 10.4. The lowest BCUT2D eigenvalue weighted by Gasteiger charge is -2.26. The van der Waals surface area contributed by atoms with Crippen molar-refractivity contribution in [2.45, 2.75) is 25.6 Å². The Hall–Kier alpha value is -0.860. The molecule has 80 valence electrons. The summed E-state index contributed by atoms with van der Waals surface area (Å²) in [5, 5.41) is 0. The molecule has 0 atom stereocenters. The monoisotopic (exact) mass is 204 g/mol. The highest BCUT2D eigenvalue weighted by Crippen LogP contribution is 2.48. The molecule has 1 aromatic carbocycles. The highest BCUT2D eigenvalue weighted by atomic mass is 16.7. The molecule has 15 heavy (non-hydrogen) atoms. The molecule has 2 heteroatoms. The van der Waals surface area contributed by atoms with E-state index in [0.29, 0.717) is 0 Å². The van der Waals surface area contributed by atoms with Gasteiger partial charge < -0.3 is 9.47 Å². The van der Waals surface area contributed by atoms with Crippen molar-refractivity contribution >= 4 is 0 Å². The summed E-state index contributed by atoms with van der Waals surface area (Å²) in [5.74, 6) is -0.297. The Morgan fingerprint density at radius 2 is 1.80 bits per heavy atom. The van der Waals surface area contributed by atoms with E-state index in [1.165, 1.54) is 5.56 Å². The number of hydrogen-bond acceptors (Lipinski definition) is 2. The lowest BCUT2D eigenvalue weighted by atomic mass is 9.82. The molecular formula is C13H16O2. The van der Waals surface area contributed by atoms with Crippen molar-refractivity contribution in [3.8, 4) is 0 Å². The van der Waals surface area contributed by atoms with Crippen LogP contribution in [0.15, 0.2) is 30.3 Å². The molecule has 2 aliphatic rings. The van der Waals surface area contributed by atoms with Gasteiger partial charge in [0.1, 0.15) is 0 Å². The van der Waals surface area contributed by atoms with E-state index in [4.69, 9.17) is 9.47 Å². The molecule has 0 N–H and O–H groups in total. The molecule has 0 amide bonds. The lowest BCUT2D eigenvalue weighted by molar-refractivity contribution is -0.210. The van der Waals surface area contributed by atoms with Crippen LogP contribution in [-0.4, -0.2) is 19.0 Å². The third-order valence-electron chi connectivity index (χ3n) is 3.49. The predicted octanol–water partition coefficient (Wildman–Crippen LogP) is 2.38. The summed E-state index contributed by atoms with van der Waals surface area (Å²) in [6.45, 7) is 3.74. The van der Waals surface area contributed by atoms with Crippen molar-refractivity contribution in [2.75, 3.05) is 13.2 Å². The van der Waals surface area contributed by atoms with E-state index >= 15 is 0 Å². The first kappa shape index (κ1) is 9.37. The molecule has 0 spiro atoms. The molecular weight excluding hydrogens is 188 g/mol. The minimum Gasteiger partial charge on any atom is -0.350 e. The molecule has 2 fully saturated rings. The third-order valence-corrected chi connectivity index (χ3v) is 3.49. The van der Waals surface area contributed by atoms with E-state index in [9.17, 15) is 0 Å². The SMILES string of the molecule is CC12CC(Cc3ccccc3)(CO1)CO2. The van der Waals surface area contributed by atoms with Gasteiger partial charge in [-0.25, -0.2) is 0 Å². The van der Waals surface area contributed by atoms with Gasteiger partial charge in [-0.2, -0.15) is 0 Å². The highest BCUT2D eigenvalue weighted by molar-refractivity contribution is 5.18. The number of ether oxygens (including phenoxy) is 2. The van der Waals surface area contributed by atoms with Crippen molar-refractivity contribution in [3.05, 3.63) is 35.9 Å². The van der Waals surface area contributed by atoms with Crippen molar-refractivity contribution in [1.82, 2.24) is 0 Å². The van der Waals surface area contributed by atoms with Crippen molar-refractivity contribution in [2.24, 2.45) is 5.41 Å². The van der Waals surface area contributed by atoms with Gasteiger partial charge in [0.15, 0.2) is 5.79 Å². The standard InChI is InChI=1S/C13H16O2/c1-12-8-13(9-14-12,10-15-12)7-11-5-3-2-4-6-11/h2-6H,7-10H2,1H3.